The van der Waals surface area contributed by atoms with E-state index in [2.05, 4.69) is 12.2 Å². The molecule has 1 aromatic carbocycles. The summed E-state index contributed by atoms with van der Waals surface area (Å²) in [7, 11) is 0. The normalized spacial score (nSPS) is 21.3. The molecule has 2 aliphatic heterocycles. The standard InChI is InChI=1S/C19H26F3N3O2/c1-2-14-4-3-7-25(13-14)18(26)23-17-6-5-15(12-16(17)19(20,21)22)24-8-10-27-11-9-24/h5-6,12,14H,2-4,7-11,13H2,1H3,(H,23,26). The predicted molar refractivity (Wildman–Crippen MR) is 98.1 cm³/mol. The molecule has 2 fully saturated rings. The van der Waals surface area contributed by atoms with Crippen LogP contribution in [0.1, 0.15) is 31.7 Å². The smallest absolute Gasteiger partial charge is 0.378 e. The van der Waals surface area contributed by atoms with Crippen LogP contribution in [0.15, 0.2) is 18.2 Å². The van der Waals surface area contributed by atoms with E-state index in [0.717, 1.165) is 25.3 Å². The van der Waals surface area contributed by atoms with Gasteiger partial charge in [-0.25, -0.2) is 4.79 Å². The Hall–Kier alpha value is -1.96. The Morgan fingerprint density at radius 1 is 1.26 bits per heavy atom. The molecule has 2 heterocycles. The highest BCUT2D eigenvalue weighted by molar-refractivity contribution is 5.90. The van der Waals surface area contributed by atoms with Crippen LogP contribution in [0, 0.1) is 5.92 Å². The Bertz CT molecular complexity index is 660. The van der Waals surface area contributed by atoms with Crippen LogP contribution < -0.4 is 10.2 Å². The molecule has 0 aliphatic carbocycles. The van der Waals surface area contributed by atoms with E-state index < -0.39 is 17.8 Å². The highest BCUT2D eigenvalue weighted by Gasteiger charge is 2.35. The molecule has 1 atom stereocenters. The van der Waals surface area contributed by atoms with E-state index in [0.29, 0.717) is 51.0 Å². The summed E-state index contributed by atoms with van der Waals surface area (Å²) >= 11 is 0. The number of nitrogens with zero attached hydrogens (tertiary/aromatic N) is 2. The molecule has 0 radical (unpaired) electrons. The van der Waals surface area contributed by atoms with Crippen molar-refractivity contribution in [3.05, 3.63) is 23.8 Å². The molecule has 0 saturated carbocycles. The number of rotatable bonds is 3. The molecule has 0 spiro atoms. The molecule has 0 bridgehead atoms. The fourth-order valence-electron chi connectivity index (χ4n) is 3.67. The van der Waals surface area contributed by atoms with Crippen molar-refractivity contribution in [2.24, 2.45) is 5.92 Å². The molecule has 8 heteroatoms. The van der Waals surface area contributed by atoms with Gasteiger partial charge in [0.25, 0.3) is 0 Å². The zero-order chi connectivity index (χ0) is 19.4. The van der Waals surface area contributed by atoms with Crippen molar-refractivity contribution in [3.8, 4) is 0 Å². The Balaban J connectivity index is 1.78. The second kappa shape index (κ2) is 8.37. The van der Waals surface area contributed by atoms with E-state index in [9.17, 15) is 18.0 Å². The molecule has 2 aliphatic rings. The van der Waals surface area contributed by atoms with E-state index in [-0.39, 0.29) is 5.69 Å². The van der Waals surface area contributed by atoms with Crippen LogP contribution in [0.5, 0.6) is 0 Å². The minimum Gasteiger partial charge on any atom is -0.378 e. The number of piperidine rings is 1. The lowest BCUT2D eigenvalue weighted by atomic mass is 9.96. The number of carbonyl (C=O) groups excluding carboxylic acids is 1. The van der Waals surface area contributed by atoms with Crippen LogP contribution in [-0.4, -0.2) is 50.3 Å². The number of carbonyl (C=O) groups is 1. The fourth-order valence-corrected chi connectivity index (χ4v) is 3.67. The number of nitrogens with one attached hydrogen (secondary N) is 1. The first-order valence-electron chi connectivity index (χ1n) is 9.48. The molecular formula is C19H26F3N3O2. The molecular weight excluding hydrogens is 359 g/mol. The topological polar surface area (TPSA) is 44.8 Å². The second-order valence-corrected chi connectivity index (χ2v) is 7.12. The van der Waals surface area contributed by atoms with Gasteiger partial charge in [0.2, 0.25) is 0 Å². The third-order valence-electron chi connectivity index (χ3n) is 5.31. The van der Waals surface area contributed by atoms with Gasteiger partial charge in [-0.3, -0.25) is 0 Å². The monoisotopic (exact) mass is 385 g/mol. The summed E-state index contributed by atoms with van der Waals surface area (Å²) in [4.78, 5) is 16.0. The lowest BCUT2D eigenvalue weighted by molar-refractivity contribution is -0.136. The maximum absolute atomic E-state index is 13.6. The van der Waals surface area contributed by atoms with Crippen molar-refractivity contribution >= 4 is 17.4 Å². The highest BCUT2D eigenvalue weighted by atomic mass is 19.4. The zero-order valence-corrected chi connectivity index (χ0v) is 15.5. The first kappa shape index (κ1) is 19.8. The average molecular weight is 385 g/mol. The number of hydrogen-bond acceptors (Lipinski definition) is 3. The Kier molecular flexibility index (Phi) is 6.14. The summed E-state index contributed by atoms with van der Waals surface area (Å²) in [5.41, 5.74) is -0.514. The van der Waals surface area contributed by atoms with E-state index in [1.165, 1.54) is 6.07 Å². The number of halogens is 3. The number of hydrogen-bond donors (Lipinski definition) is 1. The Morgan fingerprint density at radius 3 is 2.67 bits per heavy atom. The van der Waals surface area contributed by atoms with Crippen molar-refractivity contribution in [1.82, 2.24) is 4.90 Å². The first-order valence-corrected chi connectivity index (χ1v) is 9.48. The van der Waals surface area contributed by atoms with Gasteiger partial charge >= 0.3 is 12.2 Å². The summed E-state index contributed by atoms with van der Waals surface area (Å²) in [6.45, 7) is 5.33. The van der Waals surface area contributed by atoms with Crippen LogP contribution in [0.4, 0.5) is 29.3 Å². The first-order chi connectivity index (χ1) is 12.9. The maximum Gasteiger partial charge on any atom is 0.418 e. The van der Waals surface area contributed by atoms with Crippen LogP contribution in [0.3, 0.4) is 0 Å². The van der Waals surface area contributed by atoms with Crippen LogP contribution in [0.2, 0.25) is 0 Å². The molecule has 5 nitrogen and oxygen atoms in total. The molecule has 3 rings (SSSR count). The van der Waals surface area contributed by atoms with Gasteiger partial charge in [0.05, 0.1) is 24.5 Å². The second-order valence-electron chi connectivity index (χ2n) is 7.12. The molecule has 1 N–H and O–H groups in total. The Labute approximate surface area is 157 Å². The molecule has 150 valence electrons. The van der Waals surface area contributed by atoms with E-state index in [1.54, 1.807) is 11.0 Å². The van der Waals surface area contributed by atoms with Crippen LogP contribution >= 0.6 is 0 Å². The van der Waals surface area contributed by atoms with Crippen LogP contribution in [0.25, 0.3) is 0 Å². The number of alkyl halides is 3. The van der Waals surface area contributed by atoms with Crippen molar-refractivity contribution < 1.29 is 22.7 Å². The van der Waals surface area contributed by atoms with Gasteiger partial charge in [0.15, 0.2) is 0 Å². The number of amides is 2. The van der Waals surface area contributed by atoms with Gasteiger partial charge in [-0.05, 0) is 37.0 Å². The summed E-state index contributed by atoms with van der Waals surface area (Å²) in [5, 5.41) is 2.49. The minimum absolute atomic E-state index is 0.192. The zero-order valence-electron chi connectivity index (χ0n) is 15.5. The molecule has 1 unspecified atom stereocenters. The van der Waals surface area contributed by atoms with Crippen molar-refractivity contribution in [1.29, 1.82) is 0 Å². The van der Waals surface area contributed by atoms with E-state index >= 15 is 0 Å². The Morgan fingerprint density at radius 2 is 2.00 bits per heavy atom. The number of ether oxygens (including phenoxy) is 1. The lowest BCUT2D eigenvalue weighted by Gasteiger charge is -2.33. The largest absolute Gasteiger partial charge is 0.418 e. The average Bonchev–Trinajstić information content (AvgIpc) is 2.68. The SMILES string of the molecule is CCC1CCCN(C(=O)Nc2ccc(N3CCOCC3)cc2C(F)(F)F)C1. The van der Waals surface area contributed by atoms with Gasteiger partial charge < -0.3 is 19.9 Å². The van der Waals surface area contributed by atoms with E-state index in [4.69, 9.17) is 4.74 Å². The van der Waals surface area contributed by atoms with Crippen molar-refractivity contribution in [2.75, 3.05) is 49.6 Å². The van der Waals surface area contributed by atoms with Crippen LogP contribution in [-0.2, 0) is 10.9 Å². The minimum atomic E-state index is -4.54. The van der Waals surface area contributed by atoms with Gasteiger partial charge in [-0.2, -0.15) is 13.2 Å². The quantitative estimate of drug-likeness (QED) is 0.848. The van der Waals surface area contributed by atoms with Gasteiger partial charge in [0.1, 0.15) is 0 Å². The highest BCUT2D eigenvalue weighted by Crippen LogP contribution is 2.37. The predicted octanol–water partition coefficient (Wildman–Crippen LogP) is 4.20. The molecule has 2 amide bonds. The molecule has 0 aromatic heterocycles. The summed E-state index contributed by atoms with van der Waals surface area (Å²) in [6, 6.07) is 3.64. The number of morpholine rings is 1. The lowest BCUT2D eigenvalue weighted by Crippen LogP contribution is -2.42. The van der Waals surface area contributed by atoms with Crippen molar-refractivity contribution in [2.45, 2.75) is 32.4 Å². The summed E-state index contributed by atoms with van der Waals surface area (Å²) in [6.07, 6.45) is -1.64. The summed E-state index contributed by atoms with van der Waals surface area (Å²) < 4.78 is 46.0. The fraction of sp³-hybridized carbons (Fsp3) is 0.632. The van der Waals surface area contributed by atoms with Gasteiger partial charge in [-0.1, -0.05) is 13.3 Å². The van der Waals surface area contributed by atoms with Gasteiger partial charge in [-0.15, -0.1) is 0 Å². The third kappa shape index (κ3) is 4.86. The number of benzene rings is 1. The van der Waals surface area contributed by atoms with Gasteiger partial charge in [0, 0.05) is 31.9 Å². The number of anilines is 2. The van der Waals surface area contributed by atoms with Crippen molar-refractivity contribution in [3.63, 3.8) is 0 Å². The van der Waals surface area contributed by atoms with E-state index in [1.807, 2.05) is 4.90 Å². The summed E-state index contributed by atoms with van der Waals surface area (Å²) in [5.74, 6) is 0.412. The molecule has 27 heavy (non-hydrogen) atoms. The maximum atomic E-state index is 13.6. The molecule has 2 saturated heterocycles. The molecule has 1 aromatic rings. The number of urea groups is 1. The number of likely N-dealkylation sites (tertiary alicyclic amines) is 1. The third-order valence-corrected chi connectivity index (χ3v) is 5.31.